The number of phenols is 2. The van der Waals surface area contributed by atoms with Gasteiger partial charge in [-0.2, -0.15) is 0 Å². The molecule has 0 unspecified atom stereocenters. The number of allylic oxidation sites excluding steroid dienone is 2. The summed E-state index contributed by atoms with van der Waals surface area (Å²) in [6, 6.07) is 0. The van der Waals surface area contributed by atoms with Gasteiger partial charge in [0.15, 0.2) is 11.5 Å². The normalized spacial score (nSPS) is 40.9. The SMILES string of the molecule is C/C1=C\[C@@H](C)CC[C@H]2O[C@@H](c3c(O)c(O)c(C)c4c3C(=O)[C@@](O)(O4)[C@@H](C)C[C@H](C)C1)[C@H](C)[C@@H](O)[C@H]2C. The van der Waals surface area contributed by atoms with Crippen molar-refractivity contribution in [3.63, 3.8) is 0 Å². The van der Waals surface area contributed by atoms with E-state index in [2.05, 4.69) is 26.8 Å². The minimum absolute atomic E-state index is 0.0405. The molecule has 0 aliphatic carbocycles. The summed E-state index contributed by atoms with van der Waals surface area (Å²) < 4.78 is 12.5. The molecule has 0 radical (unpaired) electrons. The molecule has 36 heavy (non-hydrogen) atoms. The van der Waals surface area contributed by atoms with Crippen molar-refractivity contribution in [2.45, 2.75) is 98.2 Å². The molecular formula is C29H42O7. The Hall–Kier alpha value is -2.09. The van der Waals surface area contributed by atoms with Crippen LogP contribution in [-0.4, -0.2) is 44.2 Å². The van der Waals surface area contributed by atoms with Crippen LogP contribution in [0.3, 0.4) is 0 Å². The highest BCUT2D eigenvalue weighted by molar-refractivity contribution is 6.09. The van der Waals surface area contributed by atoms with E-state index in [1.807, 2.05) is 13.8 Å². The Bertz CT molecular complexity index is 1060. The first-order valence-electron chi connectivity index (χ1n) is 13.3. The lowest BCUT2D eigenvalue weighted by Crippen LogP contribution is -2.47. The third-order valence-corrected chi connectivity index (χ3v) is 8.80. The van der Waals surface area contributed by atoms with Crippen LogP contribution >= 0.6 is 0 Å². The van der Waals surface area contributed by atoms with Crippen LogP contribution in [0.15, 0.2) is 11.6 Å². The Morgan fingerprint density at radius 1 is 1.00 bits per heavy atom. The molecule has 7 nitrogen and oxygen atoms in total. The second kappa shape index (κ2) is 9.66. The molecule has 4 N–H and O–H groups in total. The summed E-state index contributed by atoms with van der Waals surface area (Å²) in [5, 5.41) is 44.6. The average Bonchev–Trinajstić information content (AvgIpc) is 3.08. The summed E-state index contributed by atoms with van der Waals surface area (Å²) in [4.78, 5) is 13.9. The molecule has 9 atom stereocenters. The monoisotopic (exact) mass is 502 g/mol. The van der Waals surface area contributed by atoms with Crippen LogP contribution in [0, 0.1) is 36.5 Å². The number of aliphatic hydroxyl groups is 2. The summed E-state index contributed by atoms with van der Waals surface area (Å²) in [7, 11) is 0. The first-order valence-corrected chi connectivity index (χ1v) is 13.3. The van der Waals surface area contributed by atoms with Crippen LogP contribution in [-0.2, 0) is 4.74 Å². The molecule has 3 aliphatic rings. The van der Waals surface area contributed by atoms with Crippen LogP contribution in [0.25, 0.3) is 0 Å². The minimum Gasteiger partial charge on any atom is -0.504 e. The van der Waals surface area contributed by atoms with E-state index in [1.165, 1.54) is 5.57 Å². The summed E-state index contributed by atoms with van der Waals surface area (Å²) in [6.07, 6.45) is 3.34. The fourth-order valence-electron chi connectivity index (χ4n) is 6.61. The van der Waals surface area contributed by atoms with E-state index in [0.717, 1.165) is 12.8 Å². The van der Waals surface area contributed by atoms with Crippen molar-refractivity contribution in [3.05, 3.63) is 28.3 Å². The quantitative estimate of drug-likeness (QED) is 0.286. The molecule has 0 spiro atoms. The standard InChI is InChI=1S/C29H42O7/c1-13-8-9-20-17(5)23(30)18(6)26(35-20)21-22-27(19(7)24(31)25(21)32)36-29(34,28(22)33)16(4)12-15(3)11-14(2)10-13/h10,13,15-18,20,23,26,30-32,34H,8-9,11-12H2,1-7H3/b14-10+/t13-,15+,16-,17-,18+,20+,23-,26+,29-/m0/s1. The van der Waals surface area contributed by atoms with Crippen molar-refractivity contribution in [2.75, 3.05) is 0 Å². The third kappa shape index (κ3) is 4.33. The highest BCUT2D eigenvalue weighted by atomic mass is 16.6. The second-order valence-corrected chi connectivity index (χ2v) is 11.9. The van der Waals surface area contributed by atoms with Crippen LogP contribution in [0.4, 0.5) is 0 Å². The molecule has 3 heterocycles. The number of phenolic OH excluding ortho intramolecular Hbond substituents is 2. The number of Topliss-reactive ketones (excluding diaryl/α,β-unsaturated/α-hetero) is 1. The number of aliphatic hydroxyl groups excluding tert-OH is 1. The second-order valence-electron chi connectivity index (χ2n) is 11.9. The molecule has 4 rings (SSSR count). The highest BCUT2D eigenvalue weighted by Crippen LogP contribution is 2.55. The Morgan fingerprint density at radius 3 is 2.33 bits per heavy atom. The number of aromatic hydroxyl groups is 2. The van der Waals surface area contributed by atoms with Gasteiger partial charge in [-0.15, -0.1) is 0 Å². The highest BCUT2D eigenvalue weighted by Gasteiger charge is 2.55. The van der Waals surface area contributed by atoms with Gasteiger partial charge in [0.2, 0.25) is 5.78 Å². The van der Waals surface area contributed by atoms with Gasteiger partial charge < -0.3 is 29.9 Å². The minimum atomic E-state index is -2.12. The maximum Gasteiger partial charge on any atom is 0.275 e. The summed E-state index contributed by atoms with van der Waals surface area (Å²) in [5.41, 5.74) is 1.59. The van der Waals surface area contributed by atoms with Crippen LogP contribution in [0.1, 0.15) is 94.8 Å². The third-order valence-electron chi connectivity index (χ3n) is 8.80. The fraction of sp³-hybridized carbons (Fsp3) is 0.690. The predicted molar refractivity (Wildman–Crippen MR) is 136 cm³/mol. The van der Waals surface area contributed by atoms with E-state index in [4.69, 9.17) is 9.47 Å². The van der Waals surface area contributed by atoms with Gasteiger partial charge in [0.05, 0.1) is 23.9 Å². The van der Waals surface area contributed by atoms with E-state index >= 15 is 0 Å². The Labute approximate surface area is 214 Å². The van der Waals surface area contributed by atoms with Gasteiger partial charge in [0.25, 0.3) is 5.79 Å². The molecular weight excluding hydrogens is 460 g/mol. The molecule has 1 saturated heterocycles. The fourth-order valence-corrected chi connectivity index (χ4v) is 6.61. The Kier molecular flexibility index (Phi) is 7.23. The maximum absolute atomic E-state index is 13.9. The van der Waals surface area contributed by atoms with Crippen molar-refractivity contribution in [1.29, 1.82) is 0 Å². The van der Waals surface area contributed by atoms with Crippen LogP contribution in [0.2, 0.25) is 0 Å². The molecule has 0 saturated carbocycles. The van der Waals surface area contributed by atoms with E-state index in [9.17, 15) is 25.2 Å². The first-order chi connectivity index (χ1) is 16.8. The number of fused-ring (bicyclic) bond motifs is 4. The molecule has 1 fully saturated rings. The summed E-state index contributed by atoms with van der Waals surface area (Å²) in [6.45, 7) is 13.5. The van der Waals surface area contributed by atoms with Crippen molar-refractivity contribution < 1.29 is 34.7 Å². The van der Waals surface area contributed by atoms with Gasteiger partial charge in [0, 0.05) is 28.9 Å². The first kappa shape index (κ1) is 27.0. The summed E-state index contributed by atoms with van der Waals surface area (Å²) in [5.74, 6) is -4.18. The molecule has 200 valence electrons. The van der Waals surface area contributed by atoms with Crippen molar-refractivity contribution in [2.24, 2.45) is 29.6 Å². The molecule has 0 aromatic heterocycles. The Balaban J connectivity index is 1.89. The van der Waals surface area contributed by atoms with Gasteiger partial charge in [-0.1, -0.05) is 46.3 Å². The number of carbonyl (C=O) groups is 1. The van der Waals surface area contributed by atoms with Gasteiger partial charge in [0.1, 0.15) is 5.75 Å². The maximum atomic E-state index is 13.9. The van der Waals surface area contributed by atoms with Crippen LogP contribution < -0.4 is 4.74 Å². The van der Waals surface area contributed by atoms with E-state index in [-0.39, 0.29) is 40.4 Å². The van der Waals surface area contributed by atoms with Gasteiger partial charge in [-0.05, 0) is 51.4 Å². The number of ketones is 1. The van der Waals surface area contributed by atoms with Crippen molar-refractivity contribution >= 4 is 5.78 Å². The molecule has 0 amide bonds. The molecule has 1 aromatic rings. The van der Waals surface area contributed by atoms with E-state index < -0.39 is 47.1 Å². The van der Waals surface area contributed by atoms with Crippen molar-refractivity contribution in [1.82, 2.24) is 0 Å². The largest absolute Gasteiger partial charge is 0.504 e. The number of hydrogen-bond acceptors (Lipinski definition) is 7. The van der Waals surface area contributed by atoms with Gasteiger partial charge in [-0.3, -0.25) is 4.79 Å². The number of rotatable bonds is 0. The molecule has 4 bridgehead atoms. The number of carbonyl (C=O) groups excluding carboxylic acids is 1. The van der Waals surface area contributed by atoms with E-state index in [0.29, 0.717) is 18.8 Å². The molecule has 7 heteroatoms. The number of ether oxygens (including phenoxy) is 2. The summed E-state index contributed by atoms with van der Waals surface area (Å²) >= 11 is 0. The van der Waals surface area contributed by atoms with Gasteiger partial charge >= 0.3 is 0 Å². The molecule has 3 aliphatic heterocycles. The lowest BCUT2D eigenvalue weighted by Gasteiger charge is -2.43. The smallest absolute Gasteiger partial charge is 0.275 e. The lowest BCUT2D eigenvalue weighted by atomic mass is 9.76. The van der Waals surface area contributed by atoms with E-state index in [1.54, 1.807) is 13.8 Å². The topological polar surface area (TPSA) is 116 Å². The Morgan fingerprint density at radius 2 is 1.67 bits per heavy atom. The zero-order valence-corrected chi connectivity index (χ0v) is 22.5. The average molecular weight is 503 g/mol. The van der Waals surface area contributed by atoms with Crippen LogP contribution in [0.5, 0.6) is 17.2 Å². The number of benzene rings is 1. The number of hydrogen-bond donors (Lipinski definition) is 4. The predicted octanol–water partition coefficient (Wildman–Crippen LogP) is 5.17. The van der Waals surface area contributed by atoms with Crippen molar-refractivity contribution in [3.8, 4) is 17.2 Å². The lowest BCUT2D eigenvalue weighted by molar-refractivity contribution is -0.169. The zero-order chi connectivity index (χ0) is 26.7. The zero-order valence-electron chi connectivity index (χ0n) is 22.5. The molecule has 1 aromatic carbocycles. The van der Waals surface area contributed by atoms with Gasteiger partial charge in [-0.25, -0.2) is 0 Å².